The van der Waals surface area contributed by atoms with Crippen LogP contribution in [0.1, 0.15) is 31.2 Å². The van der Waals surface area contributed by atoms with Gasteiger partial charge in [-0.25, -0.2) is 9.78 Å². The fourth-order valence-corrected chi connectivity index (χ4v) is 3.92. The Morgan fingerprint density at radius 2 is 2.04 bits per heavy atom. The van der Waals surface area contributed by atoms with Crippen molar-refractivity contribution in [2.75, 3.05) is 6.61 Å². The summed E-state index contributed by atoms with van der Waals surface area (Å²) in [5, 5.41) is 1.15. The smallest absolute Gasteiger partial charge is 0.328 e. The van der Waals surface area contributed by atoms with Crippen LogP contribution in [-0.4, -0.2) is 22.1 Å². The summed E-state index contributed by atoms with van der Waals surface area (Å²) >= 11 is 7.44. The molecule has 1 aromatic carbocycles. The molecule has 0 aliphatic heterocycles. The number of esters is 1. The van der Waals surface area contributed by atoms with Crippen LogP contribution in [0, 0.1) is 6.92 Å². The molecular weight excluding hydrogens is 372 g/mol. The fraction of sp³-hybridized carbons (Fsp3) is 0.316. The maximum atomic E-state index is 13.1. The standard InChI is InChI=1S/C19H19ClN2O3S/c1-4-9-25-19(24)11(2)22-10-21-17-16(18(22)23)15(12(3)26-17)13-5-7-14(20)8-6-13/h5-8,10-11H,4,9H2,1-3H3. The highest BCUT2D eigenvalue weighted by molar-refractivity contribution is 7.19. The minimum absolute atomic E-state index is 0.245. The zero-order valence-electron chi connectivity index (χ0n) is 14.8. The number of hydrogen-bond acceptors (Lipinski definition) is 5. The molecule has 7 heteroatoms. The highest BCUT2D eigenvalue weighted by atomic mass is 35.5. The molecule has 0 N–H and O–H groups in total. The van der Waals surface area contributed by atoms with E-state index in [4.69, 9.17) is 16.3 Å². The molecule has 1 atom stereocenters. The van der Waals surface area contributed by atoms with E-state index in [0.29, 0.717) is 21.8 Å². The van der Waals surface area contributed by atoms with Crippen LogP contribution in [0.3, 0.4) is 0 Å². The number of benzene rings is 1. The second-order valence-corrected chi connectivity index (χ2v) is 7.66. The number of nitrogens with zero attached hydrogens (tertiary/aromatic N) is 2. The van der Waals surface area contributed by atoms with E-state index in [2.05, 4.69) is 4.98 Å². The number of carbonyl (C=O) groups excluding carboxylic acids is 1. The van der Waals surface area contributed by atoms with Crippen LogP contribution in [0.25, 0.3) is 21.3 Å². The molecule has 0 radical (unpaired) electrons. The highest BCUT2D eigenvalue weighted by Gasteiger charge is 2.22. The average molecular weight is 391 g/mol. The van der Waals surface area contributed by atoms with Crippen LogP contribution >= 0.6 is 22.9 Å². The van der Waals surface area contributed by atoms with E-state index in [1.165, 1.54) is 22.2 Å². The lowest BCUT2D eigenvalue weighted by molar-refractivity contribution is -0.147. The van der Waals surface area contributed by atoms with E-state index in [1.807, 2.05) is 26.0 Å². The van der Waals surface area contributed by atoms with Crippen molar-refractivity contribution in [1.29, 1.82) is 0 Å². The number of fused-ring (bicyclic) bond motifs is 1. The minimum Gasteiger partial charge on any atom is -0.464 e. The molecule has 0 amide bonds. The van der Waals surface area contributed by atoms with Crippen molar-refractivity contribution < 1.29 is 9.53 Å². The third-order valence-corrected chi connectivity index (χ3v) is 5.42. The largest absolute Gasteiger partial charge is 0.464 e. The molecule has 3 rings (SSSR count). The summed E-state index contributed by atoms with van der Waals surface area (Å²) in [5.74, 6) is -0.435. The van der Waals surface area contributed by atoms with E-state index in [1.54, 1.807) is 19.1 Å². The van der Waals surface area contributed by atoms with Gasteiger partial charge < -0.3 is 4.74 Å². The summed E-state index contributed by atoms with van der Waals surface area (Å²) in [6.45, 7) is 5.86. The van der Waals surface area contributed by atoms with Gasteiger partial charge in [0.25, 0.3) is 5.56 Å². The number of halogens is 1. The van der Waals surface area contributed by atoms with Gasteiger partial charge in [0.2, 0.25) is 0 Å². The number of thiophene rings is 1. The number of hydrogen-bond donors (Lipinski definition) is 0. The van der Waals surface area contributed by atoms with E-state index in [9.17, 15) is 9.59 Å². The van der Waals surface area contributed by atoms with Gasteiger partial charge in [-0.15, -0.1) is 11.3 Å². The van der Waals surface area contributed by atoms with E-state index in [-0.39, 0.29) is 5.56 Å². The SMILES string of the molecule is CCCOC(=O)C(C)n1cnc2sc(C)c(-c3ccc(Cl)cc3)c2c1=O. The molecule has 2 heterocycles. The van der Waals surface area contributed by atoms with Crippen molar-refractivity contribution >= 4 is 39.1 Å². The molecule has 0 bridgehead atoms. The average Bonchev–Trinajstić information content (AvgIpc) is 2.97. The fourth-order valence-electron chi connectivity index (χ4n) is 2.79. The predicted octanol–water partition coefficient (Wildman–Crippen LogP) is 4.60. The van der Waals surface area contributed by atoms with Crippen LogP contribution in [0.4, 0.5) is 0 Å². The molecule has 0 aliphatic carbocycles. The van der Waals surface area contributed by atoms with Crippen LogP contribution in [0.5, 0.6) is 0 Å². The van der Waals surface area contributed by atoms with Crippen LogP contribution in [0.15, 0.2) is 35.4 Å². The molecule has 0 fully saturated rings. The van der Waals surface area contributed by atoms with Crippen LogP contribution < -0.4 is 5.56 Å². The Bertz CT molecular complexity index is 1010. The zero-order valence-corrected chi connectivity index (χ0v) is 16.4. The predicted molar refractivity (Wildman–Crippen MR) is 105 cm³/mol. The number of ether oxygens (including phenoxy) is 1. The molecular formula is C19H19ClN2O3S. The Kier molecular flexibility index (Phi) is 5.44. The van der Waals surface area contributed by atoms with Crippen molar-refractivity contribution in [3.8, 4) is 11.1 Å². The number of aromatic nitrogens is 2. The lowest BCUT2D eigenvalue weighted by Crippen LogP contribution is -2.29. The van der Waals surface area contributed by atoms with Crippen molar-refractivity contribution in [2.45, 2.75) is 33.2 Å². The molecule has 0 saturated carbocycles. The third-order valence-electron chi connectivity index (χ3n) is 4.15. The van der Waals surface area contributed by atoms with Gasteiger partial charge in [0.15, 0.2) is 0 Å². The normalized spacial score (nSPS) is 12.3. The van der Waals surface area contributed by atoms with Crippen LogP contribution in [-0.2, 0) is 9.53 Å². The van der Waals surface area contributed by atoms with Gasteiger partial charge in [-0.1, -0.05) is 30.7 Å². The van der Waals surface area contributed by atoms with Crippen molar-refractivity contribution in [3.63, 3.8) is 0 Å². The van der Waals surface area contributed by atoms with Gasteiger partial charge in [-0.3, -0.25) is 9.36 Å². The topological polar surface area (TPSA) is 61.2 Å². The number of rotatable bonds is 5. The summed E-state index contributed by atoms with van der Waals surface area (Å²) in [7, 11) is 0. The summed E-state index contributed by atoms with van der Waals surface area (Å²) in [4.78, 5) is 31.3. The quantitative estimate of drug-likeness (QED) is 0.597. The Morgan fingerprint density at radius 3 is 2.69 bits per heavy atom. The first-order valence-electron chi connectivity index (χ1n) is 8.36. The molecule has 136 valence electrons. The van der Waals surface area contributed by atoms with Gasteiger partial charge in [-0.2, -0.15) is 0 Å². The molecule has 1 unspecified atom stereocenters. The summed E-state index contributed by atoms with van der Waals surface area (Å²) < 4.78 is 6.51. The van der Waals surface area contributed by atoms with Gasteiger partial charge in [0.05, 0.1) is 18.3 Å². The Balaban J connectivity index is 2.14. The Hall–Kier alpha value is -2.18. The van der Waals surface area contributed by atoms with E-state index in [0.717, 1.165) is 22.4 Å². The second-order valence-electron chi connectivity index (χ2n) is 6.02. The highest BCUT2D eigenvalue weighted by Crippen LogP contribution is 2.36. The van der Waals surface area contributed by atoms with Gasteiger partial charge >= 0.3 is 5.97 Å². The minimum atomic E-state index is -0.732. The molecule has 26 heavy (non-hydrogen) atoms. The van der Waals surface area contributed by atoms with E-state index >= 15 is 0 Å². The maximum absolute atomic E-state index is 13.1. The van der Waals surface area contributed by atoms with Crippen molar-refractivity contribution in [2.24, 2.45) is 0 Å². The van der Waals surface area contributed by atoms with Crippen LogP contribution in [0.2, 0.25) is 5.02 Å². The molecule has 0 aliphatic rings. The van der Waals surface area contributed by atoms with E-state index < -0.39 is 12.0 Å². The first kappa shape index (κ1) is 18.6. The van der Waals surface area contributed by atoms with Crippen molar-refractivity contribution in [1.82, 2.24) is 9.55 Å². The first-order valence-corrected chi connectivity index (χ1v) is 9.56. The summed E-state index contributed by atoms with van der Waals surface area (Å²) in [5.41, 5.74) is 1.49. The Labute approximate surface area is 160 Å². The van der Waals surface area contributed by atoms with Gasteiger partial charge in [-0.05, 0) is 38.0 Å². The maximum Gasteiger partial charge on any atom is 0.328 e. The summed E-state index contributed by atoms with van der Waals surface area (Å²) in [6.07, 6.45) is 2.15. The second kappa shape index (κ2) is 7.60. The first-order chi connectivity index (χ1) is 12.4. The molecule has 2 aromatic heterocycles. The third kappa shape index (κ3) is 3.39. The van der Waals surface area contributed by atoms with Gasteiger partial charge in [0, 0.05) is 15.5 Å². The monoisotopic (exact) mass is 390 g/mol. The molecule has 0 spiro atoms. The molecule has 3 aromatic rings. The summed E-state index contributed by atoms with van der Waals surface area (Å²) in [6, 6.07) is 6.61. The number of carbonyl (C=O) groups is 1. The molecule has 5 nitrogen and oxygen atoms in total. The zero-order chi connectivity index (χ0) is 18.8. The number of aryl methyl sites for hydroxylation is 1. The molecule has 0 saturated heterocycles. The lowest BCUT2D eigenvalue weighted by Gasteiger charge is -2.14. The lowest BCUT2D eigenvalue weighted by atomic mass is 10.0. The van der Waals surface area contributed by atoms with Gasteiger partial charge in [0.1, 0.15) is 10.9 Å². The van der Waals surface area contributed by atoms with Crippen molar-refractivity contribution in [3.05, 3.63) is 50.8 Å². The Morgan fingerprint density at radius 1 is 1.35 bits per heavy atom.